The lowest BCUT2D eigenvalue weighted by Crippen LogP contribution is -2.30. The van der Waals surface area contributed by atoms with E-state index in [1.165, 1.54) is 18.6 Å². The summed E-state index contributed by atoms with van der Waals surface area (Å²) in [7, 11) is -4.09. The molecule has 2 heterocycles. The van der Waals surface area contributed by atoms with Crippen molar-refractivity contribution in [2.75, 3.05) is 29.9 Å². The molecule has 2 N–H and O–H groups in total. The predicted molar refractivity (Wildman–Crippen MR) is 110 cm³/mol. The fraction of sp³-hybridized carbons (Fsp3) is 0.300. The predicted octanol–water partition coefficient (Wildman–Crippen LogP) is 2.93. The molecular weight excluding hydrogens is 395 g/mol. The van der Waals surface area contributed by atoms with Crippen LogP contribution in [-0.4, -0.2) is 38.9 Å². The number of aromatic nitrogens is 1. The van der Waals surface area contributed by atoms with Crippen LogP contribution in [0.3, 0.4) is 0 Å². The highest BCUT2D eigenvalue weighted by molar-refractivity contribution is 7.89. The van der Waals surface area contributed by atoms with Gasteiger partial charge >= 0.3 is 0 Å². The number of pyridine rings is 1. The summed E-state index contributed by atoms with van der Waals surface area (Å²) in [6.07, 6.45) is 6.39. The van der Waals surface area contributed by atoms with Crippen LogP contribution in [0.4, 0.5) is 15.9 Å². The Labute approximate surface area is 169 Å². The van der Waals surface area contributed by atoms with Crippen LogP contribution in [0.15, 0.2) is 54.1 Å². The van der Waals surface area contributed by atoms with E-state index in [1.54, 1.807) is 12.3 Å². The highest BCUT2D eigenvalue weighted by Crippen LogP contribution is 2.20. The molecule has 0 aliphatic carbocycles. The van der Waals surface area contributed by atoms with E-state index in [2.05, 4.69) is 26.5 Å². The minimum Gasteiger partial charge on any atom is -0.357 e. The largest absolute Gasteiger partial charge is 0.357 e. The van der Waals surface area contributed by atoms with Crippen molar-refractivity contribution >= 4 is 27.4 Å². The summed E-state index contributed by atoms with van der Waals surface area (Å²) < 4.78 is 40.6. The number of nitrogens with one attached hydrogen (secondary N) is 2. The fourth-order valence-corrected chi connectivity index (χ4v) is 4.17. The molecule has 0 spiro atoms. The number of anilines is 2. The number of rotatable bonds is 7. The van der Waals surface area contributed by atoms with E-state index in [9.17, 15) is 17.6 Å². The lowest BCUT2D eigenvalue weighted by atomic mass is 10.1. The number of hydrogen-bond donors (Lipinski definition) is 2. The van der Waals surface area contributed by atoms with Crippen molar-refractivity contribution in [2.24, 2.45) is 0 Å². The monoisotopic (exact) mass is 418 g/mol. The first kappa shape index (κ1) is 20.9. The number of amides is 1. The molecule has 154 valence electrons. The quantitative estimate of drug-likeness (QED) is 0.675. The zero-order chi connectivity index (χ0) is 20.9. The third-order valence-corrected chi connectivity index (χ3v) is 6.02. The Balaban J connectivity index is 1.73. The summed E-state index contributed by atoms with van der Waals surface area (Å²) in [5.41, 5.74) is 0.486. The van der Waals surface area contributed by atoms with Crippen molar-refractivity contribution in [2.45, 2.75) is 24.2 Å². The average Bonchev–Trinajstić information content (AvgIpc) is 2.73. The minimum absolute atomic E-state index is 0.0190. The van der Waals surface area contributed by atoms with E-state index in [1.807, 2.05) is 6.07 Å². The normalized spacial score (nSPS) is 14.4. The molecule has 1 aliphatic rings. The van der Waals surface area contributed by atoms with Gasteiger partial charge in [0.2, 0.25) is 10.0 Å². The number of carbonyl (C=O) groups excluding carboxylic acids is 1. The first-order valence-electron chi connectivity index (χ1n) is 9.33. The van der Waals surface area contributed by atoms with E-state index < -0.39 is 26.6 Å². The molecule has 0 saturated carbocycles. The third-order valence-electron chi connectivity index (χ3n) is 4.59. The van der Waals surface area contributed by atoms with Crippen LogP contribution in [0.1, 0.15) is 29.6 Å². The summed E-state index contributed by atoms with van der Waals surface area (Å²) in [6, 6.07) is 6.76. The number of piperidine rings is 1. The first-order valence-corrected chi connectivity index (χ1v) is 10.8. The molecule has 1 amide bonds. The van der Waals surface area contributed by atoms with Crippen LogP contribution in [-0.2, 0) is 10.0 Å². The molecule has 29 heavy (non-hydrogen) atoms. The summed E-state index contributed by atoms with van der Waals surface area (Å²) in [5.74, 6) is -0.644. The second kappa shape index (κ2) is 9.15. The van der Waals surface area contributed by atoms with Crippen LogP contribution in [0.2, 0.25) is 0 Å². The van der Waals surface area contributed by atoms with Crippen molar-refractivity contribution < 1.29 is 17.6 Å². The molecule has 1 aromatic carbocycles. The minimum atomic E-state index is -4.09. The van der Waals surface area contributed by atoms with Crippen molar-refractivity contribution in [3.05, 3.63) is 60.6 Å². The maximum atomic E-state index is 14.0. The summed E-state index contributed by atoms with van der Waals surface area (Å²) in [5, 5.41) is 2.66. The smallest absolute Gasteiger partial charge is 0.255 e. The number of nitrogens with zero attached hydrogens (tertiary/aromatic N) is 2. The van der Waals surface area contributed by atoms with Gasteiger partial charge in [0.25, 0.3) is 5.91 Å². The molecule has 3 rings (SSSR count). The molecular formula is C20H23FN4O3S. The zero-order valence-electron chi connectivity index (χ0n) is 15.9. The van der Waals surface area contributed by atoms with E-state index in [0.717, 1.165) is 43.9 Å². The molecule has 1 aliphatic heterocycles. The Morgan fingerprint density at radius 2 is 1.97 bits per heavy atom. The van der Waals surface area contributed by atoms with E-state index in [0.29, 0.717) is 5.69 Å². The second-order valence-electron chi connectivity index (χ2n) is 6.69. The lowest BCUT2D eigenvalue weighted by Gasteiger charge is -2.27. The molecule has 0 radical (unpaired) electrons. The number of carbonyl (C=O) groups is 1. The topological polar surface area (TPSA) is 91.4 Å². The standard InChI is InChI=1S/C20H23FN4O3S/c1-2-10-23-29(27,28)18-13-15(6-8-17(18)21)20(26)24-16-7-9-19(22-14-16)25-11-4-3-5-12-25/h2,6-9,13-14,23H,1,3-5,10-12H2,(H,24,26). The van der Waals surface area contributed by atoms with Gasteiger partial charge in [0.05, 0.1) is 11.9 Å². The Bertz CT molecular complexity index is 987. The van der Waals surface area contributed by atoms with Gasteiger partial charge in [-0.15, -0.1) is 6.58 Å². The maximum absolute atomic E-state index is 14.0. The Morgan fingerprint density at radius 3 is 2.62 bits per heavy atom. The van der Waals surface area contributed by atoms with E-state index in [-0.39, 0.29) is 12.1 Å². The summed E-state index contributed by atoms with van der Waals surface area (Å²) in [4.78, 5) is 18.5. The van der Waals surface area contributed by atoms with Crippen molar-refractivity contribution in [1.82, 2.24) is 9.71 Å². The Kier molecular flexibility index (Phi) is 6.60. The van der Waals surface area contributed by atoms with Gasteiger partial charge < -0.3 is 10.2 Å². The molecule has 1 aromatic heterocycles. The van der Waals surface area contributed by atoms with Crippen LogP contribution < -0.4 is 14.9 Å². The van der Waals surface area contributed by atoms with Crippen LogP contribution >= 0.6 is 0 Å². The number of benzene rings is 1. The van der Waals surface area contributed by atoms with Gasteiger partial charge in [-0.1, -0.05) is 6.08 Å². The highest BCUT2D eigenvalue weighted by atomic mass is 32.2. The van der Waals surface area contributed by atoms with Gasteiger partial charge in [0.1, 0.15) is 16.5 Å². The van der Waals surface area contributed by atoms with Gasteiger partial charge in [0.15, 0.2) is 0 Å². The Morgan fingerprint density at radius 1 is 1.21 bits per heavy atom. The molecule has 0 bridgehead atoms. The average molecular weight is 418 g/mol. The molecule has 0 unspecified atom stereocenters. The van der Waals surface area contributed by atoms with Gasteiger partial charge in [-0.2, -0.15) is 0 Å². The lowest BCUT2D eigenvalue weighted by molar-refractivity contribution is 0.102. The van der Waals surface area contributed by atoms with Gasteiger partial charge in [-0.05, 0) is 49.6 Å². The maximum Gasteiger partial charge on any atom is 0.255 e. The number of hydrogen-bond acceptors (Lipinski definition) is 5. The Hall–Kier alpha value is -2.78. The van der Waals surface area contributed by atoms with Gasteiger partial charge in [0, 0.05) is 25.2 Å². The second-order valence-corrected chi connectivity index (χ2v) is 8.43. The molecule has 1 fully saturated rings. The van der Waals surface area contributed by atoms with Crippen molar-refractivity contribution in [1.29, 1.82) is 0 Å². The van der Waals surface area contributed by atoms with Crippen LogP contribution in [0.5, 0.6) is 0 Å². The van der Waals surface area contributed by atoms with Gasteiger partial charge in [-0.3, -0.25) is 4.79 Å². The number of sulfonamides is 1. The van der Waals surface area contributed by atoms with Crippen molar-refractivity contribution in [3.8, 4) is 0 Å². The number of halogens is 1. The third kappa shape index (κ3) is 5.18. The SMILES string of the molecule is C=CCNS(=O)(=O)c1cc(C(=O)Nc2ccc(N3CCCCC3)nc2)ccc1F. The van der Waals surface area contributed by atoms with Crippen LogP contribution in [0.25, 0.3) is 0 Å². The molecule has 1 saturated heterocycles. The molecule has 0 atom stereocenters. The summed E-state index contributed by atoms with van der Waals surface area (Å²) >= 11 is 0. The first-order chi connectivity index (χ1) is 13.9. The fourth-order valence-electron chi connectivity index (χ4n) is 3.07. The van der Waals surface area contributed by atoms with Crippen LogP contribution in [0, 0.1) is 5.82 Å². The van der Waals surface area contributed by atoms with E-state index >= 15 is 0 Å². The van der Waals surface area contributed by atoms with Crippen molar-refractivity contribution in [3.63, 3.8) is 0 Å². The molecule has 9 heteroatoms. The molecule has 7 nitrogen and oxygen atoms in total. The zero-order valence-corrected chi connectivity index (χ0v) is 16.7. The summed E-state index contributed by atoms with van der Waals surface area (Å²) in [6.45, 7) is 5.29. The van der Waals surface area contributed by atoms with E-state index in [4.69, 9.17) is 0 Å². The highest BCUT2D eigenvalue weighted by Gasteiger charge is 2.21. The van der Waals surface area contributed by atoms with Gasteiger partial charge in [-0.25, -0.2) is 22.5 Å². The molecule has 2 aromatic rings.